The zero-order chi connectivity index (χ0) is 19.6. The number of rotatable bonds is 6. The molecule has 3 rings (SSSR count). The molecule has 0 saturated carbocycles. The van der Waals surface area contributed by atoms with E-state index >= 15 is 0 Å². The Morgan fingerprint density at radius 2 is 1.93 bits per heavy atom. The van der Waals surface area contributed by atoms with Crippen molar-refractivity contribution >= 4 is 21.6 Å². The van der Waals surface area contributed by atoms with E-state index in [1.54, 1.807) is 12.1 Å². The van der Waals surface area contributed by atoms with Crippen molar-refractivity contribution in [1.29, 1.82) is 0 Å². The molecule has 2 aromatic carbocycles. The van der Waals surface area contributed by atoms with E-state index in [-0.39, 0.29) is 29.5 Å². The number of hydrogen-bond donors (Lipinski definition) is 1. The maximum atomic E-state index is 13.4. The van der Waals surface area contributed by atoms with Crippen molar-refractivity contribution in [2.45, 2.75) is 17.4 Å². The van der Waals surface area contributed by atoms with Gasteiger partial charge in [0.1, 0.15) is 22.2 Å². The lowest BCUT2D eigenvalue weighted by Gasteiger charge is -2.18. The molecular formula is C18H19FN2O5S. The van der Waals surface area contributed by atoms with Crippen molar-refractivity contribution < 1.29 is 27.1 Å². The molecule has 1 fully saturated rings. The molecule has 0 spiro atoms. The average molecular weight is 394 g/mol. The molecule has 1 atom stereocenters. The maximum absolute atomic E-state index is 13.4. The Bertz CT molecular complexity index is 964. The van der Waals surface area contributed by atoms with Crippen molar-refractivity contribution in [1.82, 2.24) is 4.72 Å². The minimum absolute atomic E-state index is 0.0258. The SMILES string of the molecule is COc1ccc(OC)c(S(=O)(=O)N[C@@H]2CC(=O)N(c3cccc(F)c3)C2)c1. The minimum Gasteiger partial charge on any atom is -0.497 e. The van der Waals surface area contributed by atoms with Gasteiger partial charge in [0.15, 0.2) is 0 Å². The maximum Gasteiger partial charge on any atom is 0.244 e. The van der Waals surface area contributed by atoms with Gasteiger partial charge in [0.2, 0.25) is 15.9 Å². The van der Waals surface area contributed by atoms with Crippen molar-refractivity contribution in [3.8, 4) is 11.5 Å². The predicted molar refractivity (Wildman–Crippen MR) is 97.0 cm³/mol. The van der Waals surface area contributed by atoms with Gasteiger partial charge >= 0.3 is 0 Å². The lowest BCUT2D eigenvalue weighted by molar-refractivity contribution is -0.117. The third-order valence-electron chi connectivity index (χ3n) is 4.23. The summed E-state index contributed by atoms with van der Waals surface area (Å²) in [6.45, 7) is 0.105. The number of hydrogen-bond acceptors (Lipinski definition) is 5. The fraction of sp³-hybridized carbons (Fsp3) is 0.278. The number of benzene rings is 2. The van der Waals surface area contributed by atoms with E-state index in [0.717, 1.165) is 0 Å². The lowest BCUT2D eigenvalue weighted by Crippen LogP contribution is -2.37. The van der Waals surface area contributed by atoms with Crippen molar-refractivity contribution in [3.63, 3.8) is 0 Å². The van der Waals surface area contributed by atoms with Crippen LogP contribution < -0.4 is 19.1 Å². The van der Waals surface area contributed by atoms with E-state index in [1.165, 1.54) is 49.5 Å². The second kappa shape index (κ2) is 7.53. The fourth-order valence-electron chi connectivity index (χ4n) is 2.96. The highest BCUT2D eigenvalue weighted by Gasteiger charge is 2.34. The second-order valence-corrected chi connectivity index (χ2v) is 7.71. The summed E-state index contributed by atoms with van der Waals surface area (Å²) < 4.78 is 51.8. The number of carbonyl (C=O) groups is 1. The molecule has 0 bridgehead atoms. The molecule has 1 saturated heterocycles. The number of ether oxygens (including phenoxy) is 2. The van der Waals surface area contributed by atoms with E-state index in [1.807, 2.05) is 0 Å². The van der Waals surface area contributed by atoms with Crippen LogP contribution >= 0.6 is 0 Å². The van der Waals surface area contributed by atoms with Gasteiger partial charge in [0.25, 0.3) is 0 Å². The van der Waals surface area contributed by atoms with Crippen molar-refractivity contribution in [2.75, 3.05) is 25.7 Å². The summed E-state index contributed by atoms with van der Waals surface area (Å²) in [6, 6.07) is 9.39. The Balaban J connectivity index is 1.82. The van der Waals surface area contributed by atoms with E-state index in [2.05, 4.69) is 4.72 Å². The first-order valence-corrected chi connectivity index (χ1v) is 9.62. The Labute approximate surface area is 156 Å². The van der Waals surface area contributed by atoms with Gasteiger partial charge in [-0.25, -0.2) is 17.5 Å². The smallest absolute Gasteiger partial charge is 0.244 e. The normalized spacial score (nSPS) is 17.2. The molecule has 144 valence electrons. The molecule has 7 nitrogen and oxygen atoms in total. The van der Waals surface area contributed by atoms with E-state index < -0.39 is 21.9 Å². The third kappa shape index (κ3) is 4.04. The number of halogens is 1. The number of carbonyl (C=O) groups excluding carboxylic acids is 1. The average Bonchev–Trinajstić information content (AvgIpc) is 3.00. The van der Waals surface area contributed by atoms with Crippen LogP contribution in [0.2, 0.25) is 0 Å². The van der Waals surface area contributed by atoms with Crippen LogP contribution in [0.25, 0.3) is 0 Å². The van der Waals surface area contributed by atoms with E-state index in [0.29, 0.717) is 11.4 Å². The van der Waals surface area contributed by atoms with Gasteiger partial charge in [-0.05, 0) is 30.3 Å². The molecule has 2 aromatic rings. The van der Waals surface area contributed by atoms with Crippen LogP contribution in [0.1, 0.15) is 6.42 Å². The molecule has 0 radical (unpaired) electrons. The molecule has 0 unspecified atom stereocenters. The number of nitrogens with zero attached hydrogens (tertiary/aromatic N) is 1. The molecule has 9 heteroatoms. The van der Waals surface area contributed by atoms with E-state index in [4.69, 9.17) is 9.47 Å². The highest BCUT2D eigenvalue weighted by atomic mass is 32.2. The van der Waals surface area contributed by atoms with Gasteiger partial charge in [-0.3, -0.25) is 4.79 Å². The lowest BCUT2D eigenvalue weighted by atomic mass is 10.3. The van der Waals surface area contributed by atoms with Crippen LogP contribution in [0.5, 0.6) is 11.5 Å². The number of methoxy groups -OCH3 is 2. The zero-order valence-corrected chi connectivity index (χ0v) is 15.6. The largest absolute Gasteiger partial charge is 0.497 e. The quantitative estimate of drug-likeness (QED) is 0.809. The first-order chi connectivity index (χ1) is 12.8. The molecule has 1 N–H and O–H groups in total. The van der Waals surface area contributed by atoms with Crippen LogP contribution in [-0.4, -0.2) is 41.1 Å². The topological polar surface area (TPSA) is 84.9 Å². The second-order valence-electron chi connectivity index (χ2n) is 6.02. The first-order valence-electron chi connectivity index (χ1n) is 8.14. The van der Waals surface area contributed by atoms with Gasteiger partial charge in [-0.1, -0.05) is 6.07 Å². The number of nitrogens with one attached hydrogen (secondary N) is 1. The summed E-state index contributed by atoms with van der Waals surface area (Å²) in [6.07, 6.45) is -0.0258. The molecular weight excluding hydrogens is 375 g/mol. The summed E-state index contributed by atoms with van der Waals surface area (Å²) in [5.74, 6) is -0.231. The van der Waals surface area contributed by atoms with Crippen LogP contribution in [0, 0.1) is 5.82 Å². The third-order valence-corrected chi connectivity index (χ3v) is 5.77. The Morgan fingerprint density at radius 1 is 1.15 bits per heavy atom. The zero-order valence-electron chi connectivity index (χ0n) is 14.8. The summed E-state index contributed by atoms with van der Waals surface area (Å²) in [7, 11) is -1.17. The molecule has 1 aliphatic heterocycles. The summed E-state index contributed by atoms with van der Waals surface area (Å²) in [5.41, 5.74) is 0.389. The number of amides is 1. The van der Waals surface area contributed by atoms with Crippen LogP contribution in [-0.2, 0) is 14.8 Å². The Kier molecular flexibility index (Phi) is 5.33. The highest BCUT2D eigenvalue weighted by molar-refractivity contribution is 7.89. The molecule has 1 amide bonds. The Morgan fingerprint density at radius 3 is 2.59 bits per heavy atom. The predicted octanol–water partition coefficient (Wildman–Crippen LogP) is 1.93. The molecule has 1 heterocycles. The summed E-state index contributed by atoms with van der Waals surface area (Å²) in [5, 5.41) is 0. The van der Waals surface area contributed by atoms with Gasteiger partial charge in [0.05, 0.1) is 14.2 Å². The standard InChI is InChI=1S/C18H19FN2O5S/c1-25-15-6-7-16(26-2)17(10-15)27(23,24)20-13-9-18(22)21(11-13)14-5-3-4-12(19)8-14/h3-8,10,13,20H,9,11H2,1-2H3/t13-/m1/s1. The van der Waals surface area contributed by atoms with Crippen molar-refractivity contribution in [3.05, 3.63) is 48.3 Å². The Hall–Kier alpha value is -2.65. The van der Waals surface area contributed by atoms with Crippen LogP contribution in [0.3, 0.4) is 0 Å². The minimum atomic E-state index is -3.96. The van der Waals surface area contributed by atoms with Crippen LogP contribution in [0.4, 0.5) is 10.1 Å². The summed E-state index contributed by atoms with van der Waals surface area (Å²) >= 11 is 0. The molecule has 1 aliphatic rings. The summed E-state index contributed by atoms with van der Waals surface area (Å²) in [4.78, 5) is 13.5. The molecule has 0 aliphatic carbocycles. The van der Waals surface area contributed by atoms with Gasteiger partial charge in [-0.2, -0.15) is 0 Å². The highest BCUT2D eigenvalue weighted by Crippen LogP contribution is 2.29. The van der Waals surface area contributed by atoms with Crippen LogP contribution in [0.15, 0.2) is 47.4 Å². The molecule has 27 heavy (non-hydrogen) atoms. The van der Waals surface area contributed by atoms with Gasteiger partial charge in [0, 0.05) is 30.8 Å². The van der Waals surface area contributed by atoms with Gasteiger partial charge in [-0.15, -0.1) is 0 Å². The molecule has 0 aromatic heterocycles. The van der Waals surface area contributed by atoms with Crippen molar-refractivity contribution in [2.24, 2.45) is 0 Å². The fourth-order valence-corrected chi connectivity index (χ4v) is 4.37. The monoisotopic (exact) mass is 394 g/mol. The van der Waals surface area contributed by atoms with Gasteiger partial charge < -0.3 is 14.4 Å². The first kappa shape index (κ1) is 19.1. The number of anilines is 1. The van der Waals surface area contributed by atoms with E-state index in [9.17, 15) is 17.6 Å². The number of sulfonamides is 1.